The third-order valence-corrected chi connectivity index (χ3v) is 5.19. The highest BCUT2D eigenvalue weighted by molar-refractivity contribution is 5.90. The summed E-state index contributed by atoms with van der Waals surface area (Å²) in [7, 11) is 0. The molecule has 9 nitrogen and oxygen atoms in total. The van der Waals surface area contributed by atoms with Gasteiger partial charge in [0.15, 0.2) is 11.2 Å². The van der Waals surface area contributed by atoms with Crippen molar-refractivity contribution in [2.24, 2.45) is 5.92 Å². The molecule has 3 aromatic rings. The summed E-state index contributed by atoms with van der Waals surface area (Å²) in [5.74, 6) is 0.438. The number of aryl methyl sites for hydroxylation is 2. The Morgan fingerprint density at radius 2 is 1.88 bits per heavy atom. The average Bonchev–Trinajstić information content (AvgIpc) is 3.11. The van der Waals surface area contributed by atoms with E-state index >= 15 is 0 Å². The Morgan fingerprint density at radius 1 is 1.18 bits per heavy atom. The lowest BCUT2D eigenvalue weighted by Gasteiger charge is -2.12. The molecule has 0 radical (unpaired) electrons. The first-order valence-corrected chi connectivity index (χ1v) is 11.3. The number of hydrogen-bond acceptors (Lipinski definition) is 5. The highest BCUT2D eigenvalue weighted by Crippen LogP contribution is 2.19. The van der Waals surface area contributed by atoms with Crippen molar-refractivity contribution in [1.29, 1.82) is 0 Å². The Balaban J connectivity index is 1.82. The van der Waals surface area contributed by atoms with Gasteiger partial charge in [-0.1, -0.05) is 27.2 Å². The van der Waals surface area contributed by atoms with Gasteiger partial charge in [-0.2, -0.15) is 8.78 Å². The number of rotatable bonds is 11. The van der Waals surface area contributed by atoms with Crippen LogP contribution in [0.1, 0.15) is 45.9 Å². The predicted molar refractivity (Wildman–Crippen MR) is 124 cm³/mol. The van der Waals surface area contributed by atoms with Crippen LogP contribution >= 0.6 is 0 Å². The summed E-state index contributed by atoms with van der Waals surface area (Å²) in [4.78, 5) is 44.5. The van der Waals surface area contributed by atoms with E-state index in [1.807, 2.05) is 20.8 Å². The fourth-order valence-corrected chi connectivity index (χ4v) is 3.66. The van der Waals surface area contributed by atoms with Crippen molar-refractivity contribution in [1.82, 2.24) is 19.1 Å². The highest BCUT2D eigenvalue weighted by atomic mass is 19.3. The molecule has 2 heterocycles. The van der Waals surface area contributed by atoms with Crippen LogP contribution in [0, 0.1) is 5.92 Å². The number of H-pyrrole nitrogens is 1. The van der Waals surface area contributed by atoms with E-state index in [0.717, 1.165) is 12.8 Å². The maximum absolute atomic E-state index is 12.6. The normalized spacial score (nSPS) is 11.5. The number of nitrogens with zero attached hydrogens (tertiary/aromatic N) is 3. The summed E-state index contributed by atoms with van der Waals surface area (Å²) in [5.41, 5.74) is 0.0980. The number of unbranched alkanes of at least 4 members (excludes halogenated alkanes) is 1. The van der Waals surface area contributed by atoms with E-state index in [4.69, 9.17) is 0 Å². The third kappa shape index (κ3) is 6.09. The minimum Gasteiger partial charge on any atom is -0.435 e. The lowest BCUT2D eigenvalue weighted by Crippen LogP contribution is -2.31. The molecule has 3 rings (SSSR count). The van der Waals surface area contributed by atoms with Crippen LogP contribution in [0.5, 0.6) is 5.75 Å². The van der Waals surface area contributed by atoms with Gasteiger partial charge in [0.1, 0.15) is 11.6 Å². The number of benzene rings is 1. The molecule has 0 saturated carbocycles. The standard InChI is InChI=1S/C23H29F2N5O4/c1-4-5-12-29-20-19(21(32)28-23(29)33)30(13-14(2)3)17(27-20)10-11-18(31)26-15-6-8-16(9-7-15)34-22(24)25/h6-9,14,22H,4-5,10-13H2,1-3H3,(H,26,31)(H,28,32,33). The van der Waals surface area contributed by atoms with Gasteiger partial charge in [0.2, 0.25) is 5.91 Å². The molecule has 0 unspecified atom stereocenters. The zero-order valence-electron chi connectivity index (χ0n) is 19.4. The smallest absolute Gasteiger partial charge is 0.387 e. The van der Waals surface area contributed by atoms with Crippen LogP contribution in [0.2, 0.25) is 0 Å². The molecule has 0 saturated heterocycles. The van der Waals surface area contributed by atoms with Gasteiger partial charge < -0.3 is 14.6 Å². The van der Waals surface area contributed by atoms with Crippen LogP contribution in [0.15, 0.2) is 33.9 Å². The molecule has 0 bridgehead atoms. The molecule has 0 aliphatic carbocycles. The number of amides is 1. The monoisotopic (exact) mass is 477 g/mol. The Kier molecular flexibility index (Phi) is 8.19. The molecular weight excluding hydrogens is 448 g/mol. The molecule has 34 heavy (non-hydrogen) atoms. The largest absolute Gasteiger partial charge is 0.435 e. The number of nitrogens with one attached hydrogen (secondary N) is 2. The fourth-order valence-electron chi connectivity index (χ4n) is 3.66. The van der Waals surface area contributed by atoms with E-state index in [-0.39, 0.29) is 30.4 Å². The summed E-state index contributed by atoms with van der Waals surface area (Å²) in [6.07, 6.45) is 1.97. The van der Waals surface area contributed by atoms with Crippen molar-refractivity contribution < 1.29 is 18.3 Å². The Bertz CT molecular complexity index is 1250. The third-order valence-electron chi connectivity index (χ3n) is 5.19. The van der Waals surface area contributed by atoms with Gasteiger partial charge in [-0.05, 0) is 36.6 Å². The van der Waals surface area contributed by atoms with Gasteiger partial charge >= 0.3 is 12.3 Å². The number of halogens is 2. The number of anilines is 1. The summed E-state index contributed by atoms with van der Waals surface area (Å²) >= 11 is 0. The van der Waals surface area contributed by atoms with E-state index in [9.17, 15) is 23.2 Å². The molecule has 184 valence electrons. The number of aromatic amines is 1. The van der Waals surface area contributed by atoms with Gasteiger partial charge in [0.25, 0.3) is 5.56 Å². The molecule has 0 aliphatic rings. The molecule has 1 amide bonds. The first kappa shape index (κ1) is 25.1. The van der Waals surface area contributed by atoms with E-state index in [2.05, 4.69) is 20.0 Å². The zero-order chi connectivity index (χ0) is 24.8. The molecule has 2 N–H and O–H groups in total. The molecule has 0 spiro atoms. The van der Waals surface area contributed by atoms with E-state index in [1.165, 1.54) is 28.8 Å². The van der Waals surface area contributed by atoms with Gasteiger partial charge in [-0.3, -0.25) is 19.1 Å². The van der Waals surface area contributed by atoms with Gasteiger partial charge in [-0.15, -0.1) is 0 Å². The van der Waals surface area contributed by atoms with Crippen LogP contribution in [0.3, 0.4) is 0 Å². The topological polar surface area (TPSA) is 111 Å². The van der Waals surface area contributed by atoms with Crippen LogP contribution in [-0.2, 0) is 24.3 Å². The number of imidazole rings is 1. The van der Waals surface area contributed by atoms with Gasteiger partial charge in [0.05, 0.1) is 0 Å². The van der Waals surface area contributed by atoms with Crippen molar-refractivity contribution in [2.75, 3.05) is 5.32 Å². The lowest BCUT2D eigenvalue weighted by atomic mass is 10.2. The van der Waals surface area contributed by atoms with Crippen LogP contribution in [0.4, 0.5) is 14.5 Å². The molecule has 0 aliphatic heterocycles. The summed E-state index contributed by atoms with van der Waals surface area (Å²) in [6, 6.07) is 5.61. The quantitative estimate of drug-likeness (QED) is 0.439. The van der Waals surface area contributed by atoms with Crippen molar-refractivity contribution in [2.45, 2.75) is 66.2 Å². The first-order valence-electron chi connectivity index (χ1n) is 11.3. The molecule has 1 aromatic carbocycles. The Hall–Kier alpha value is -3.50. The maximum atomic E-state index is 12.6. The summed E-state index contributed by atoms with van der Waals surface area (Å²) < 4.78 is 32.1. The number of fused-ring (bicyclic) bond motifs is 1. The van der Waals surface area contributed by atoms with Crippen molar-refractivity contribution in [3.05, 3.63) is 50.9 Å². The van der Waals surface area contributed by atoms with E-state index < -0.39 is 17.9 Å². The predicted octanol–water partition coefficient (Wildman–Crippen LogP) is 3.52. The summed E-state index contributed by atoms with van der Waals surface area (Å²) in [6.45, 7) is 4.04. The zero-order valence-corrected chi connectivity index (χ0v) is 19.4. The van der Waals surface area contributed by atoms with Crippen LogP contribution in [-0.4, -0.2) is 31.6 Å². The molecular formula is C23H29F2N5O4. The highest BCUT2D eigenvalue weighted by Gasteiger charge is 2.20. The first-order chi connectivity index (χ1) is 16.2. The van der Waals surface area contributed by atoms with Gasteiger partial charge in [-0.25, -0.2) is 9.78 Å². The van der Waals surface area contributed by atoms with E-state index in [0.29, 0.717) is 35.8 Å². The minimum atomic E-state index is -2.92. The average molecular weight is 478 g/mol. The number of carbonyl (C=O) groups is 1. The molecule has 11 heteroatoms. The van der Waals surface area contributed by atoms with Crippen LogP contribution in [0.25, 0.3) is 11.2 Å². The SMILES string of the molecule is CCCCn1c(=O)[nH]c(=O)c2c1nc(CCC(=O)Nc1ccc(OC(F)F)cc1)n2CC(C)C. The Morgan fingerprint density at radius 3 is 2.50 bits per heavy atom. The fraction of sp³-hybridized carbons (Fsp3) is 0.478. The molecule has 0 atom stereocenters. The number of ether oxygens (including phenoxy) is 1. The number of hydrogen-bond donors (Lipinski definition) is 2. The van der Waals surface area contributed by atoms with Crippen LogP contribution < -0.4 is 21.3 Å². The number of alkyl halides is 2. The van der Waals surface area contributed by atoms with Crippen molar-refractivity contribution >= 4 is 22.8 Å². The minimum absolute atomic E-state index is 0.00487. The second-order valence-electron chi connectivity index (χ2n) is 8.42. The maximum Gasteiger partial charge on any atom is 0.387 e. The molecule has 2 aromatic heterocycles. The second kappa shape index (κ2) is 11.1. The second-order valence-corrected chi connectivity index (χ2v) is 8.42. The number of carbonyl (C=O) groups excluding carboxylic acids is 1. The van der Waals surface area contributed by atoms with E-state index in [1.54, 1.807) is 4.57 Å². The van der Waals surface area contributed by atoms with Crippen molar-refractivity contribution in [3.63, 3.8) is 0 Å². The van der Waals surface area contributed by atoms with Gasteiger partial charge in [0, 0.05) is 31.6 Å². The summed E-state index contributed by atoms with van der Waals surface area (Å²) in [5, 5.41) is 2.70. The van der Waals surface area contributed by atoms with Crippen molar-refractivity contribution in [3.8, 4) is 5.75 Å². The number of aromatic nitrogens is 4. The lowest BCUT2D eigenvalue weighted by molar-refractivity contribution is -0.116. The Labute approximate surface area is 194 Å². The molecule has 0 fully saturated rings.